The van der Waals surface area contributed by atoms with Crippen molar-refractivity contribution in [1.29, 1.82) is 0 Å². The quantitative estimate of drug-likeness (QED) is 0.494. The number of rotatable bonds is 9. The van der Waals surface area contributed by atoms with Gasteiger partial charge in [-0.1, -0.05) is 29.7 Å². The number of aliphatic hydroxyl groups is 2. The van der Waals surface area contributed by atoms with Crippen molar-refractivity contribution in [2.75, 3.05) is 13.2 Å². The average molecular weight is 278 g/mol. The number of allylic oxidation sites excluding steroid dienone is 3. The van der Waals surface area contributed by atoms with Crippen molar-refractivity contribution in [3.63, 3.8) is 0 Å². The highest BCUT2D eigenvalue weighted by Crippen LogP contribution is 2.34. The summed E-state index contributed by atoms with van der Waals surface area (Å²) in [6, 6.07) is 0. The number of unbranched alkanes of at least 4 members (excludes halogenated alkanes) is 1. The maximum Gasteiger partial charge on any atom is 0.0496 e. The summed E-state index contributed by atoms with van der Waals surface area (Å²) in [6.45, 7) is 0.648. The minimum atomic E-state index is 0.318. The molecular formula is C18H30O2. The van der Waals surface area contributed by atoms with Crippen molar-refractivity contribution in [3.05, 3.63) is 23.3 Å². The van der Waals surface area contributed by atoms with E-state index in [4.69, 9.17) is 5.11 Å². The molecule has 0 spiro atoms. The van der Waals surface area contributed by atoms with E-state index in [2.05, 4.69) is 12.2 Å². The molecule has 2 rings (SSSR count). The summed E-state index contributed by atoms with van der Waals surface area (Å²) < 4.78 is 0. The van der Waals surface area contributed by atoms with Crippen molar-refractivity contribution < 1.29 is 10.2 Å². The lowest BCUT2D eigenvalue weighted by Gasteiger charge is -2.15. The summed E-state index contributed by atoms with van der Waals surface area (Å²) in [7, 11) is 0. The van der Waals surface area contributed by atoms with Crippen molar-refractivity contribution in [2.45, 2.75) is 64.2 Å². The molecule has 2 aliphatic carbocycles. The van der Waals surface area contributed by atoms with Crippen molar-refractivity contribution in [1.82, 2.24) is 0 Å². The Morgan fingerprint density at radius 3 is 2.80 bits per heavy atom. The van der Waals surface area contributed by atoms with Crippen molar-refractivity contribution in [3.8, 4) is 0 Å². The van der Waals surface area contributed by atoms with Crippen LogP contribution in [0.1, 0.15) is 64.2 Å². The van der Waals surface area contributed by atoms with E-state index in [1.807, 2.05) is 0 Å². The normalized spacial score (nSPS) is 23.8. The molecule has 0 aromatic heterocycles. The summed E-state index contributed by atoms with van der Waals surface area (Å²) in [4.78, 5) is 0. The van der Waals surface area contributed by atoms with Crippen LogP contribution in [0.15, 0.2) is 23.3 Å². The summed E-state index contributed by atoms with van der Waals surface area (Å²) in [5, 5.41) is 18.4. The van der Waals surface area contributed by atoms with E-state index in [0.717, 1.165) is 25.2 Å². The highest BCUT2D eigenvalue weighted by Gasteiger charge is 2.19. The maximum absolute atomic E-state index is 9.57. The van der Waals surface area contributed by atoms with Gasteiger partial charge in [0.2, 0.25) is 0 Å². The standard InChI is InChI=1S/C18H30O2/c19-12-4-3-5-15-8-9-16(13-15)10-11-18(14-20)17-6-1-2-7-17/h6,13,15,18-20H,1-5,7-12,14H2. The van der Waals surface area contributed by atoms with Crippen molar-refractivity contribution in [2.24, 2.45) is 11.8 Å². The Balaban J connectivity index is 1.71. The SMILES string of the molecule is OCCCCC1C=C(CCC(CO)C2=CCCC2)CC1. The maximum atomic E-state index is 9.57. The minimum absolute atomic E-state index is 0.318. The molecule has 0 aliphatic heterocycles. The molecule has 0 fully saturated rings. The summed E-state index contributed by atoms with van der Waals surface area (Å²) >= 11 is 0. The Hall–Kier alpha value is -0.600. The number of hydrogen-bond acceptors (Lipinski definition) is 2. The van der Waals surface area contributed by atoms with E-state index in [1.54, 1.807) is 5.57 Å². The van der Waals surface area contributed by atoms with Crippen LogP contribution in [0.3, 0.4) is 0 Å². The van der Waals surface area contributed by atoms with E-state index in [1.165, 1.54) is 50.5 Å². The molecule has 2 N–H and O–H groups in total. The lowest BCUT2D eigenvalue weighted by atomic mass is 9.92. The molecule has 2 aliphatic rings. The first-order chi connectivity index (χ1) is 9.83. The summed E-state index contributed by atoms with van der Waals surface area (Å²) in [5.41, 5.74) is 3.11. The molecule has 0 radical (unpaired) electrons. The molecule has 0 heterocycles. The molecular weight excluding hydrogens is 248 g/mol. The zero-order valence-electron chi connectivity index (χ0n) is 12.7. The molecule has 114 valence electrons. The molecule has 0 saturated heterocycles. The highest BCUT2D eigenvalue weighted by molar-refractivity contribution is 5.15. The first-order valence-electron chi connectivity index (χ1n) is 8.43. The second-order valence-corrected chi connectivity index (χ2v) is 6.43. The van der Waals surface area contributed by atoms with Crippen LogP contribution < -0.4 is 0 Å². The monoisotopic (exact) mass is 278 g/mol. The van der Waals surface area contributed by atoms with E-state index in [0.29, 0.717) is 19.1 Å². The van der Waals surface area contributed by atoms with Gasteiger partial charge < -0.3 is 10.2 Å². The van der Waals surface area contributed by atoms with E-state index < -0.39 is 0 Å². The van der Waals surface area contributed by atoms with E-state index >= 15 is 0 Å². The van der Waals surface area contributed by atoms with Gasteiger partial charge in [0.25, 0.3) is 0 Å². The molecule has 2 atom stereocenters. The first kappa shape index (κ1) is 15.8. The van der Waals surface area contributed by atoms with Crippen LogP contribution in [-0.4, -0.2) is 23.4 Å². The Morgan fingerprint density at radius 2 is 2.10 bits per heavy atom. The van der Waals surface area contributed by atoms with Gasteiger partial charge in [-0.2, -0.15) is 0 Å². The highest BCUT2D eigenvalue weighted by atomic mass is 16.3. The third kappa shape index (κ3) is 4.75. The third-order valence-electron chi connectivity index (χ3n) is 4.93. The van der Waals surface area contributed by atoms with Crippen LogP contribution in [0.2, 0.25) is 0 Å². The third-order valence-corrected chi connectivity index (χ3v) is 4.93. The molecule has 2 heteroatoms. The van der Waals surface area contributed by atoms with Gasteiger partial charge in [-0.25, -0.2) is 0 Å². The van der Waals surface area contributed by atoms with E-state index in [-0.39, 0.29) is 0 Å². The zero-order chi connectivity index (χ0) is 14.2. The number of aliphatic hydroxyl groups excluding tert-OH is 2. The fourth-order valence-corrected chi connectivity index (χ4v) is 3.65. The smallest absolute Gasteiger partial charge is 0.0496 e. The second kappa shape index (κ2) is 8.63. The predicted molar refractivity (Wildman–Crippen MR) is 83.5 cm³/mol. The molecule has 2 nitrogen and oxygen atoms in total. The fourth-order valence-electron chi connectivity index (χ4n) is 3.65. The molecule has 20 heavy (non-hydrogen) atoms. The molecule has 2 unspecified atom stereocenters. The van der Waals surface area contributed by atoms with Crippen LogP contribution in [0.25, 0.3) is 0 Å². The van der Waals surface area contributed by atoms with Gasteiger partial charge in [0.1, 0.15) is 0 Å². The van der Waals surface area contributed by atoms with Crippen LogP contribution in [-0.2, 0) is 0 Å². The van der Waals surface area contributed by atoms with Crippen LogP contribution in [0, 0.1) is 11.8 Å². The molecule has 0 amide bonds. The second-order valence-electron chi connectivity index (χ2n) is 6.43. The van der Waals surface area contributed by atoms with Gasteiger partial charge >= 0.3 is 0 Å². The summed E-state index contributed by atoms with van der Waals surface area (Å²) in [5.74, 6) is 1.15. The summed E-state index contributed by atoms with van der Waals surface area (Å²) in [6.07, 6.45) is 16.7. The zero-order valence-corrected chi connectivity index (χ0v) is 12.7. The van der Waals surface area contributed by atoms with Crippen molar-refractivity contribution >= 4 is 0 Å². The Kier molecular flexibility index (Phi) is 6.81. The van der Waals surface area contributed by atoms with Crippen LogP contribution >= 0.6 is 0 Å². The molecule has 0 bridgehead atoms. The Bertz CT molecular complexity index is 343. The topological polar surface area (TPSA) is 40.5 Å². The molecule has 0 aromatic rings. The van der Waals surface area contributed by atoms with Gasteiger partial charge in [-0.05, 0) is 63.7 Å². The molecule has 0 aromatic carbocycles. The van der Waals surface area contributed by atoms with Gasteiger partial charge in [-0.15, -0.1) is 0 Å². The van der Waals surface area contributed by atoms with Crippen LogP contribution in [0.4, 0.5) is 0 Å². The Morgan fingerprint density at radius 1 is 1.20 bits per heavy atom. The molecule has 0 saturated carbocycles. The minimum Gasteiger partial charge on any atom is -0.396 e. The number of hydrogen-bond donors (Lipinski definition) is 2. The predicted octanol–water partition coefficient (Wildman–Crippen LogP) is 3.98. The van der Waals surface area contributed by atoms with Gasteiger partial charge in [0, 0.05) is 19.1 Å². The van der Waals surface area contributed by atoms with Gasteiger partial charge in [-0.3, -0.25) is 0 Å². The lowest BCUT2D eigenvalue weighted by Crippen LogP contribution is -2.08. The first-order valence-corrected chi connectivity index (χ1v) is 8.43. The average Bonchev–Trinajstić information content (AvgIpc) is 3.12. The van der Waals surface area contributed by atoms with Gasteiger partial charge in [0.05, 0.1) is 0 Å². The largest absolute Gasteiger partial charge is 0.396 e. The van der Waals surface area contributed by atoms with E-state index in [9.17, 15) is 5.11 Å². The lowest BCUT2D eigenvalue weighted by molar-refractivity contribution is 0.237. The fraction of sp³-hybridized carbons (Fsp3) is 0.778. The van der Waals surface area contributed by atoms with Crippen LogP contribution in [0.5, 0.6) is 0 Å². The van der Waals surface area contributed by atoms with Gasteiger partial charge in [0.15, 0.2) is 0 Å². The Labute approximate surface area is 123 Å².